The van der Waals surface area contributed by atoms with Gasteiger partial charge < -0.3 is 15.1 Å². The lowest BCUT2D eigenvalue weighted by Gasteiger charge is -2.18. The number of amides is 2. The summed E-state index contributed by atoms with van der Waals surface area (Å²) in [4.78, 5) is 28.1. The van der Waals surface area contributed by atoms with Gasteiger partial charge in [-0.15, -0.1) is 0 Å². The average molecular weight is 324 g/mol. The molecule has 5 nitrogen and oxygen atoms in total. The van der Waals surface area contributed by atoms with Crippen LogP contribution in [-0.4, -0.2) is 55.3 Å². The van der Waals surface area contributed by atoms with Crippen molar-refractivity contribution in [2.24, 2.45) is 5.92 Å². The summed E-state index contributed by atoms with van der Waals surface area (Å²) in [5.41, 5.74) is 0.663. The molecule has 2 rings (SSSR count). The van der Waals surface area contributed by atoms with Gasteiger partial charge in [-0.2, -0.15) is 0 Å². The zero-order valence-corrected chi connectivity index (χ0v) is 13.8. The Hall–Kier alpha value is -1.59. The van der Waals surface area contributed by atoms with E-state index in [0.29, 0.717) is 23.8 Å². The van der Waals surface area contributed by atoms with Crippen molar-refractivity contribution >= 4 is 29.1 Å². The summed E-state index contributed by atoms with van der Waals surface area (Å²) >= 11 is 5.90. The van der Waals surface area contributed by atoms with Gasteiger partial charge in [-0.25, -0.2) is 0 Å². The van der Waals surface area contributed by atoms with E-state index < -0.39 is 0 Å². The van der Waals surface area contributed by atoms with Crippen LogP contribution in [0.5, 0.6) is 0 Å². The fourth-order valence-electron chi connectivity index (χ4n) is 2.55. The number of hydrogen-bond donors (Lipinski definition) is 1. The van der Waals surface area contributed by atoms with E-state index in [1.807, 2.05) is 14.1 Å². The molecule has 1 fully saturated rings. The van der Waals surface area contributed by atoms with Gasteiger partial charge in [0.25, 0.3) is 0 Å². The maximum atomic E-state index is 12.3. The van der Waals surface area contributed by atoms with Crippen molar-refractivity contribution in [3.63, 3.8) is 0 Å². The topological polar surface area (TPSA) is 52.6 Å². The Morgan fingerprint density at radius 3 is 2.91 bits per heavy atom. The number of anilines is 1. The molecule has 1 unspecified atom stereocenters. The standard InChI is InChI=1S/C16H22ClN3O2/c1-19(2)7-4-8-20-11-12(9-15(20)21)16(22)18-14-6-3-5-13(17)10-14/h3,5-6,10,12H,4,7-9,11H2,1-2H3,(H,18,22). The number of carbonyl (C=O) groups excluding carboxylic acids is 2. The zero-order chi connectivity index (χ0) is 16.1. The van der Waals surface area contributed by atoms with Gasteiger partial charge in [0.05, 0.1) is 5.92 Å². The minimum absolute atomic E-state index is 0.0602. The van der Waals surface area contributed by atoms with Crippen molar-refractivity contribution in [2.75, 3.05) is 39.0 Å². The van der Waals surface area contributed by atoms with Crippen LogP contribution in [0, 0.1) is 5.92 Å². The Morgan fingerprint density at radius 2 is 2.23 bits per heavy atom. The number of carbonyl (C=O) groups is 2. The first-order valence-corrected chi connectivity index (χ1v) is 7.82. The molecule has 2 amide bonds. The minimum Gasteiger partial charge on any atom is -0.342 e. The summed E-state index contributed by atoms with van der Waals surface area (Å²) in [5, 5.41) is 3.40. The molecule has 0 aromatic heterocycles. The number of benzene rings is 1. The van der Waals surface area contributed by atoms with Gasteiger partial charge in [-0.05, 0) is 45.3 Å². The summed E-state index contributed by atoms with van der Waals surface area (Å²) in [6.45, 7) is 2.14. The normalized spacial score (nSPS) is 18.1. The molecule has 0 spiro atoms. The SMILES string of the molecule is CN(C)CCCN1CC(C(=O)Nc2cccc(Cl)c2)CC1=O. The summed E-state index contributed by atoms with van der Waals surface area (Å²) in [5.74, 6) is -0.346. The summed E-state index contributed by atoms with van der Waals surface area (Å²) in [6, 6.07) is 7.02. The van der Waals surface area contributed by atoms with Crippen LogP contribution >= 0.6 is 11.6 Å². The lowest BCUT2D eigenvalue weighted by molar-refractivity contribution is -0.128. The lowest BCUT2D eigenvalue weighted by Crippen LogP contribution is -2.30. The molecule has 1 aliphatic heterocycles. The van der Waals surface area contributed by atoms with Gasteiger partial charge in [0, 0.05) is 30.2 Å². The third kappa shape index (κ3) is 4.71. The molecule has 1 saturated heterocycles. The first kappa shape index (κ1) is 16.8. The highest BCUT2D eigenvalue weighted by atomic mass is 35.5. The third-order valence-corrected chi connectivity index (χ3v) is 3.95. The molecular weight excluding hydrogens is 302 g/mol. The summed E-state index contributed by atoms with van der Waals surface area (Å²) in [6.07, 6.45) is 1.20. The second-order valence-electron chi connectivity index (χ2n) is 5.90. The Labute approximate surface area is 136 Å². The van der Waals surface area contributed by atoms with Crippen LogP contribution in [0.4, 0.5) is 5.69 Å². The predicted molar refractivity (Wildman–Crippen MR) is 87.9 cm³/mol. The van der Waals surface area contributed by atoms with Crippen molar-refractivity contribution in [3.8, 4) is 0 Å². The Bertz CT molecular complexity index is 548. The molecule has 0 radical (unpaired) electrons. The molecule has 22 heavy (non-hydrogen) atoms. The number of likely N-dealkylation sites (tertiary alicyclic amines) is 1. The van der Waals surface area contributed by atoms with Crippen molar-refractivity contribution in [3.05, 3.63) is 29.3 Å². The molecule has 1 heterocycles. The van der Waals surface area contributed by atoms with Crippen molar-refractivity contribution < 1.29 is 9.59 Å². The summed E-state index contributed by atoms with van der Waals surface area (Å²) in [7, 11) is 4.01. The lowest BCUT2D eigenvalue weighted by atomic mass is 10.1. The largest absolute Gasteiger partial charge is 0.342 e. The van der Waals surface area contributed by atoms with E-state index in [1.165, 1.54) is 0 Å². The molecule has 1 aromatic carbocycles. The van der Waals surface area contributed by atoms with Crippen molar-refractivity contribution in [1.29, 1.82) is 0 Å². The predicted octanol–water partition coefficient (Wildman–Crippen LogP) is 2.08. The number of nitrogens with one attached hydrogen (secondary N) is 1. The molecule has 1 aliphatic rings. The monoisotopic (exact) mass is 323 g/mol. The zero-order valence-electron chi connectivity index (χ0n) is 13.0. The van der Waals surface area contributed by atoms with Crippen LogP contribution < -0.4 is 5.32 Å². The van der Waals surface area contributed by atoms with E-state index in [1.54, 1.807) is 29.2 Å². The van der Waals surface area contributed by atoms with Gasteiger partial charge >= 0.3 is 0 Å². The van der Waals surface area contributed by atoms with Crippen LogP contribution in [0.25, 0.3) is 0 Å². The molecule has 1 atom stereocenters. The highest BCUT2D eigenvalue weighted by Crippen LogP contribution is 2.21. The van der Waals surface area contributed by atoms with Gasteiger partial charge in [-0.1, -0.05) is 17.7 Å². The maximum absolute atomic E-state index is 12.3. The fraction of sp³-hybridized carbons (Fsp3) is 0.500. The quantitative estimate of drug-likeness (QED) is 0.872. The first-order chi connectivity index (χ1) is 10.5. The highest BCUT2D eigenvalue weighted by molar-refractivity contribution is 6.30. The smallest absolute Gasteiger partial charge is 0.229 e. The van der Waals surface area contributed by atoms with E-state index >= 15 is 0 Å². The van der Waals surface area contributed by atoms with Crippen molar-refractivity contribution in [1.82, 2.24) is 9.80 Å². The van der Waals surface area contributed by atoms with Crippen LogP contribution in [0.1, 0.15) is 12.8 Å². The average Bonchev–Trinajstić information content (AvgIpc) is 2.80. The van der Waals surface area contributed by atoms with Gasteiger partial charge in [0.2, 0.25) is 11.8 Å². The first-order valence-electron chi connectivity index (χ1n) is 7.44. The maximum Gasteiger partial charge on any atom is 0.229 e. The van der Waals surface area contributed by atoms with Gasteiger partial charge in [-0.3, -0.25) is 9.59 Å². The summed E-state index contributed by atoms with van der Waals surface area (Å²) < 4.78 is 0. The minimum atomic E-state index is -0.286. The Kier molecular flexibility index (Phi) is 5.80. The molecule has 0 bridgehead atoms. The second-order valence-corrected chi connectivity index (χ2v) is 6.33. The Morgan fingerprint density at radius 1 is 1.45 bits per heavy atom. The van der Waals surface area contributed by atoms with Gasteiger partial charge in [0.15, 0.2) is 0 Å². The van der Waals surface area contributed by atoms with Crippen LogP contribution in [0.15, 0.2) is 24.3 Å². The molecule has 120 valence electrons. The number of rotatable bonds is 6. The van der Waals surface area contributed by atoms with E-state index in [4.69, 9.17) is 11.6 Å². The van der Waals surface area contributed by atoms with Crippen LogP contribution in [0.3, 0.4) is 0 Å². The molecule has 0 saturated carbocycles. The highest BCUT2D eigenvalue weighted by Gasteiger charge is 2.33. The number of hydrogen-bond acceptors (Lipinski definition) is 3. The molecule has 0 aliphatic carbocycles. The molecule has 1 aromatic rings. The van der Waals surface area contributed by atoms with Crippen LogP contribution in [-0.2, 0) is 9.59 Å². The van der Waals surface area contributed by atoms with E-state index in [9.17, 15) is 9.59 Å². The van der Waals surface area contributed by atoms with Crippen LogP contribution in [0.2, 0.25) is 5.02 Å². The number of halogens is 1. The molecular formula is C16H22ClN3O2. The Balaban J connectivity index is 1.85. The molecule has 6 heteroatoms. The fourth-order valence-corrected chi connectivity index (χ4v) is 2.74. The number of nitrogens with zero attached hydrogens (tertiary/aromatic N) is 2. The van der Waals surface area contributed by atoms with Gasteiger partial charge in [0.1, 0.15) is 0 Å². The van der Waals surface area contributed by atoms with E-state index in [2.05, 4.69) is 10.2 Å². The molecule has 1 N–H and O–H groups in total. The van der Waals surface area contributed by atoms with Crippen molar-refractivity contribution in [2.45, 2.75) is 12.8 Å². The van der Waals surface area contributed by atoms with E-state index in [-0.39, 0.29) is 24.2 Å². The second kappa shape index (κ2) is 7.61. The van der Waals surface area contributed by atoms with E-state index in [0.717, 1.165) is 13.0 Å². The third-order valence-electron chi connectivity index (χ3n) is 3.71.